The molecular weight excluding hydrogens is 360 g/mol. The molecule has 0 aliphatic heterocycles. The fourth-order valence-electron chi connectivity index (χ4n) is 2.85. The summed E-state index contributed by atoms with van der Waals surface area (Å²) in [7, 11) is -4.23. The van der Waals surface area contributed by atoms with Crippen molar-refractivity contribution in [3.63, 3.8) is 0 Å². The lowest BCUT2D eigenvalue weighted by molar-refractivity contribution is -0.387. The van der Waals surface area contributed by atoms with Crippen LogP contribution in [-0.2, 0) is 9.84 Å². The van der Waals surface area contributed by atoms with Gasteiger partial charge in [0.1, 0.15) is 0 Å². The van der Waals surface area contributed by atoms with Crippen molar-refractivity contribution in [3.8, 4) is 0 Å². The van der Waals surface area contributed by atoms with E-state index < -0.39 is 31.0 Å². The third-order valence-corrected chi connectivity index (χ3v) is 5.85. The number of fused-ring (bicyclic) bond motifs is 2. The van der Waals surface area contributed by atoms with Crippen LogP contribution < -0.4 is 5.69 Å². The van der Waals surface area contributed by atoms with Gasteiger partial charge in [-0.25, -0.2) is 13.2 Å². The molecule has 0 atom stereocenters. The van der Waals surface area contributed by atoms with E-state index in [0.29, 0.717) is 10.8 Å². The van der Waals surface area contributed by atoms with Crippen LogP contribution >= 0.6 is 0 Å². The molecule has 2 aromatic heterocycles. The minimum Gasteiger partial charge on any atom is -0.306 e. The molecule has 26 heavy (non-hydrogen) atoms. The zero-order chi connectivity index (χ0) is 18.5. The Bertz CT molecular complexity index is 1350. The van der Waals surface area contributed by atoms with Gasteiger partial charge in [-0.1, -0.05) is 12.1 Å². The molecule has 0 saturated heterocycles. The molecule has 0 aliphatic rings. The summed E-state index contributed by atoms with van der Waals surface area (Å²) in [6.07, 6.45) is 2.96. The fraction of sp³-hybridized carbons (Fsp3) is 0. The van der Waals surface area contributed by atoms with Gasteiger partial charge in [0.05, 0.1) is 20.9 Å². The predicted molar refractivity (Wildman–Crippen MR) is 92.8 cm³/mol. The van der Waals surface area contributed by atoms with Crippen LogP contribution in [0.2, 0.25) is 0 Å². The van der Waals surface area contributed by atoms with Gasteiger partial charge < -0.3 is 9.97 Å². The number of aromatic amines is 2. The van der Waals surface area contributed by atoms with Crippen LogP contribution in [0.4, 0.5) is 5.69 Å². The second-order valence-electron chi connectivity index (χ2n) is 5.56. The van der Waals surface area contributed by atoms with Crippen LogP contribution in [0.1, 0.15) is 0 Å². The van der Waals surface area contributed by atoms with E-state index in [1.54, 1.807) is 12.1 Å². The van der Waals surface area contributed by atoms with Gasteiger partial charge >= 0.3 is 5.69 Å². The number of nitrogens with one attached hydrogen (secondary N) is 2. The maximum absolute atomic E-state index is 13.2. The maximum Gasteiger partial charge on any atom is 0.323 e. The number of aromatic nitrogens is 3. The first-order chi connectivity index (χ1) is 12.4. The molecule has 0 bridgehead atoms. The molecule has 130 valence electrons. The van der Waals surface area contributed by atoms with Gasteiger partial charge in [-0.05, 0) is 18.2 Å². The standard InChI is InChI=1S/C16H10N4O5S/c21-16-18-11-6-13(20(22)23)15(7-12(11)19-16)26(24,25)14-3-1-2-9-8-17-5-4-10(9)14/h1-8H,(H2,18,19,21). The highest BCUT2D eigenvalue weighted by Crippen LogP contribution is 2.34. The highest BCUT2D eigenvalue weighted by Gasteiger charge is 2.30. The second kappa shape index (κ2) is 5.49. The van der Waals surface area contributed by atoms with Gasteiger partial charge in [-0.15, -0.1) is 0 Å². The molecule has 10 heteroatoms. The number of nitro groups is 1. The third kappa shape index (κ3) is 2.35. The Morgan fingerprint density at radius 2 is 1.77 bits per heavy atom. The second-order valence-corrected chi connectivity index (χ2v) is 7.44. The molecule has 0 fully saturated rings. The van der Waals surface area contributed by atoms with Gasteiger partial charge in [0.15, 0.2) is 4.90 Å². The summed E-state index contributed by atoms with van der Waals surface area (Å²) in [5, 5.41) is 12.4. The number of benzene rings is 2. The largest absolute Gasteiger partial charge is 0.323 e. The van der Waals surface area contributed by atoms with Gasteiger partial charge in [-0.2, -0.15) is 0 Å². The highest BCUT2D eigenvalue weighted by atomic mass is 32.2. The summed E-state index contributed by atoms with van der Waals surface area (Å²) >= 11 is 0. The molecule has 0 amide bonds. The van der Waals surface area contributed by atoms with Crippen LogP contribution in [0, 0.1) is 10.1 Å². The van der Waals surface area contributed by atoms with Gasteiger partial charge in [0.2, 0.25) is 9.84 Å². The van der Waals surface area contributed by atoms with Crippen molar-refractivity contribution < 1.29 is 13.3 Å². The first-order valence-electron chi connectivity index (χ1n) is 7.36. The van der Waals surface area contributed by atoms with Crippen molar-refractivity contribution in [1.82, 2.24) is 15.0 Å². The Hall–Kier alpha value is -3.53. The van der Waals surface area contributed by atoms with E-state index in [-0.39, 0.29) is 15.9 Å². The average Bonchev–Trinajstić information content (AvgIpc) is 2.99. The van der Waals surface area contributed by atoms with Crippen LogP contribution in [0.3, 0.4) is 0 Å². The first-order valence-corrected chi connectivity index (χ1v) is 8.84. The Labute approximate surface area is 145 Å². The summed E-state index contributed by atoms with van der Waals surface area (Å²) < 4.78 is 26.4. The Morgan fingerprint density at radius 1 is 1.04 bits per heavy atom. The molecule has 9 nitrogen and oxygen atoms in total. The zero-order valence-corrected chi connectivity index (χ0v) is 13.8. The fourth-order valence-corrected chi connectivity index (χ4v) is 4.51. The number of rotatable bonds is 3. The Kier molecular flexibility index (Phi) is 3.37. The molecule has 0 saturated carbocycles. The minimum absolute atomic E-state index is 0.0715. The van der Waals surface area contributed by atoms with Crippen LogP contribution in [0.15, 0.2) is 63.4 Å². The quantitative estimate of drug-likeness (QED) is 0.418. The number of hydrogen-bond donors (Lipinski definition) is 2. The van der Waals surface area contributed by atoms with Crippen molar-refractivity contribution in [3.05, 3.63) is 69.4 Å². The molecule has 2 aromatic carbocycles. The number of pyridine rings is 1. The van der Waals surface area contributed by atoms with Crippen LogP contribution in [0.5, 0.6) is 0 Å². The molecule has 0 unspecified atom stereocenters. The lowest BCUT2D eigenvalue weighted by Crippen LogP contribution is -2.06. The minimum atomic E-state index is -4.23. The first kappa shape index (κ1) is 16.0. The topological polar surface area (TPSA) is 139 Å². The Morgan fingerprint density at radius 3 is 2.50 bits per heavy atom. The molecule has 0 spiro atoms. The Balaban J connectivity index is 2.08. The lowest BCUT2D eigenvalue weighted by Gasteiger charge is -2.09. The van der Waals surface area contributed by atoms with Crippen molar-refractivity contribution in [2.75, 3.05) is 0 Å². The van der Waals surface area contributed by atoms with E-state index in [1.165, 1.54) is 24.5 Å². The van der Waals surface area contributed by atoms with Crippen molar-refractivity contribution in [2.45, 2.75) is 9.79 Å². The van der Waals surface area contributed by atoms with E-state index in [2.05, 4.69) is 15.0 Å². The average molecular weight is 370 g/mol. The van der Waals surface area contributed by atoms with Gasteiger partial charge in [-0.3, -0.25) is 15.1 Å². The summed E-state index contributed by atoms with van der Waals surface area (Å²) in [6, 6.07) is 8.28. The molecule has 2 heterocycles. The number of nitro benzene ring substituents is 1. The summed E-state index contributed by atoms with van der Waals surface area (Å²) in [6.45, 7) is 0. The van der Waals surface area contributed by atoms with E-state index >= 15 is 0 Å². The molecule has 4 aromatic rings. The van der Waals surface area contributed by atoms with Crippen LogP contribution in [0.25, 0.3) is 21.8 Å². The monoisotopic (exact) mass is 370 g/mol. The van der Waals surface area contributed by atoms with Crippen molar-refractivity contribution in [1.29, 1.82) is 0 Å². The maximum atomic E-state index is 13.2. The van der Waals surface area contributed by atoms with Gasteiger partial charge in [0, 0.05) is 29.2 Å². The molecule has 4 rings (SSSR count). The molecular formula is C16H10N4O5S. The van der Waals surface area contributed by atoms with Crippen molar-refractivity contribution >= 4 is 37.3 Å². The SMILES string of the molecule is O=c1[nH]c2cc([N+](=O)[O-])c(S(=O)(=O)c3cccc4cnccc34)cc2[nH]1. The van der Waals surface area contributed by atoms with Gasteiger partial charge in [0.25, 0.3) is 5.69 Å². The van der Waals surface area contributed by atoms with E-state index in [0.717, 1.165) is 12.1 Å². The number of nitrogens with zero attached hydrogens (tertiary/aromatic N) is 2. The number of imidazole rings is 1. The molecule has 0 aliphatic carbocycles. The summed E-state index contributed by atoms with van der Waals surface area (Å²) in [5.74, 6) is 0. The molecule has 0 radical (unpaired) electrons. The highest BCUT2D eigenvalue weighted by molar-refractivity contribution is 7.92. The predicted octanol–water partition coefficient (Wildman–Crippen LogP) is 2.15. The summed E-state index contributed by atoms with van der Waals surface area (Å²) in [4.78, 5) is 30.3. The zero-order valence-electron chi connectivity index (χ0n) is 13.0. The van der Waals surface area contributed by atoms with E-state index in [1.807, 2.05) is 0 Å². The van der Waals surface area contributed by atoms with E-state index in [4.69, 9.17) is 0 Å². The number of H-pyrrole nitrogens is 2. The van der Waals surface area contributed by atoms with Crippen LogP contribution in [-0.4, -0.2) is 28.3 Å². The number of sulfone groups is 1. The number of hydrogen-bond acceptors (Lipinski definition) is 6. The normalized spacial score (nSPS) is 11.8. The molecule has 2 N–H and O–H groups in total. The lowest BCUT2D eigenvalue weighted by atomic mass is 10.2. The third-order valence-electron chi connectivity index (χ3n) is 4.01. The van der Waals surface area contributed by atoms with E-state index in [9.17, 15) is 23.3 Å². The summed E-state index contributed by atoms with van der Waals surface area (Å²) in [5.41, 5.74) is -0.872. The smallest absolute Gasteiger partial charge is 0.306 e. The van der Waals surface area contributed by atoms with Crippen molar-refractivity contribution in [2.24, 2.45) is 0 Å².